The highest BCUT2D eigenvalue weighted by molar-refractivity contribution is 6.32. The number of hydrogen-bond acceptors (Lipinski definition) is 3. The largest absolute Gasteiger partial charge is 0.506 e. The Morgan fingerprint density at radius 3 is 2.80 bits per heavy atom. The third-order valence-electron chi connectivity index (χ3n) is 1.76. The number of halogens is 1. The van der Waals surface area contributed by atoms with Gasteiger partial charge >= 0.3 is 6.03 Å². The molecule has 5 nitrogen and oxygen atoms in total. The molecule has 0 saturated heterocycles. The number of nitrogens with one attached hydrogen (secondary N) is 1. The van der Waals surface area contributed by atoms with Gasteiger partial charge in [-0.3, -0.25) is 4.84 Å². The lowest BCUT2D eigenvalue weighted by Gasteiger charge is -2.14. The van der Waals surface area contributed by atoms with E-state index < -0.39 is 6.03 Å². The second-order valence-corrected chi connectivity index (χ2v) is 3.18. The molecular weight excluding hydrogens is 220 g/mol. The summed E-state index contributed by atoms with van der Waals surface area (Å²) in [6, 6.07) is 3.96. The SMILES string of the molecule is CON(C)C(=O)Nc1ccc(Cl)c(O)c1. The number of rotatable bonds is 2. The van der Waals surface area contributed by atoms with E-state index in [2.05, 4.69) is 10.2 Å². The van der Waals surface area contributed by atoms with Crippen molar-refractivity contribution in [1.29, 1.82) is 0 Å². The maximum Gasteiger partial charge on any atom is 0.345 e. The van der Waals surface area contributed by atoms with Gasteiger partial charge in [-0.15, -0.1) is 0 Å². The highest BCUT2D eigenvalue weighted by Gasteiger charge is 2.08. The van der Waals surface area contributed by atoms with Crippen LogP contribution in [0, 0.1) is 0 Å². The van der Waals surface area contributed by atoms with E-state index >= 15 is 0 Å². The Kier molecular flexibility index (Phi) is 3.76. The highest BCUT2D eigenvalue weighted by Crippen LogP contribution is 2.26. The molecule has 0 radical (unpaired) electrons. The van der Waals surface area contributed by atoms with E-state index in [1.807, 2.05) is 0 Å². The molecule has 0 spiro atoms. The first-order valence-electron chi connectivity index (χ1n) is 4.12. The molecule has 0 bridgehead atoms. The molecule has 82 valence electrons. The van der Waals surface area contributed by atoms with Crippen molar-refractivity contribution < 1.29 is 14.7 Å². The van der Waals surface area contributed by atoms with Crippen LogP contribution in [-0.4, -0.2) is 30.4 Å². The highest BCUT2D eigenvalue weighted by atomic mass is 35.5. The van der Waals surface area contributed by atoms with Crippen LogP contribution in [0.2, 0.25) is 5.02 Å². The fourth-order valence-corrected chi connectivity index (χ4v) is 0.993. The predicted octanol–water partition coefficient (Wildman–Crippen LogP) is 2.07. The summed E-state index contributed by atoms with van der Waals surface area (Å²) in [5.41, 5.74) is 0.436. The molecule has 0 unspecified atom stereocenters. The normalized spacial score (nSPS) is 9.80. The van der Waals surface area contributed by atoms with Crippen LogP contribution in [0.5, 0.6) is 5.75 Å². The minimum absolute atomic E-state index is 0.0884. The number of benzene rings is 1. The summed E-state index contributed by atoms with van der Waals surface area (Å²) >= 11 is 5.61. The van der Waals surface area contributed by atoms with E-state index in [1.165, 1.54) is 26.3 Å². The quantitative estimate of drug-likeness (QED) is 0.765. The van der Waals surface area contributed by atoms with Crippen molar-refractivity contribution in [3.63, 3.8) is 0 Å². The van der Waals surface area contributed by atoms with E-state index in [9.17, 15) is 9.90 Å². The molecule has 0 heterocycles. The van der Waals surface area contributed by atoms with Gasteiger partial charge in [0.2, 0.25) is 0 Å². The van der Waals surface area contributed by atoms with Gasteiger partial charge in [0.1, 0.15) is 5.75 Å². The van der Waals surface area contributed by atoms with Gasteiger partial charge < -0.3 is 10.4 Å². The number of hydroxylamine groups is 2. The van der Waals surface area contributed by atoms with Gasteiger partial charge in [0.25, 0.3) is 0 Å². The second-order valence-electron chi connectivity index (χ2n) is 2.78. The molecule has 2 amide bonds. The molecule has 0 aliphatic heterocycles. The summed E-state index contributed by atoms with van der Waals surface area (Å²) < 4.78 is 0. The van der Waals surface area contributed by atoms with E-state index in [0.29, 0.717) is 5.69 Å². The van der Waals surface area contributed by atoms with Crippen LogP contribution >= 0.6 is 11.6 Å². The number of phenolic OH excluding ortho intramolecular Hbond substituents is 1. The number of nitrogens with zero attached hydrogens (tertiary/aromatic N) is 1. The molecule has 2 N–H and O–H groups in total. The van der Waals surface area contributed by atoms with Gasteiger partial charge in [-0.25, -0.2) is 9.86 Å². The Balaban J connectivity index is 2.73. The van der Waals surface area contributed by atoms with Crippen molar-refractivity contribution in [3.8, 4) is 5.75 Å². The fraction of sp³-hybridized carbons (Fsp3) is 0.222. The van der Waals surface area contributed by atoms with Gasteiger partial charge in [-0.2, -0.15) is 0 Å². The molecule has 0 saturated carbocycles. The van der Waals surface area contributed by atoms with Crippen LogP contribution < -0.4 is 5.32 Å². The van der Waals surface area contributed by atoms with Crippen LogP contribution in [0.15, 0.2) is 18.2 Å². The summed E-state index contributed by atoms with van der Waals surface area (Å²) in [4.78, 5) is 16.0. The van der Waals surface area contributed by atoms with Crippen molar-refractivity contribution >= 4 is 23.3 Å². The number of anilines is 1. The Hall–Kier alpha value is -1.46. The van der Waals surface area contributed by atoms with Gasteiger partial charge in [-0.05, 0) is 12.1 Å². The summed E-state index contributed by atoms with van der Waals surface area (Å²) in [6.45, 7) is 0. The number of hydrogen-bond donors (Lipinski definition) is 2. The summed E-state index contributed by atoms with van der Waals surface area (Å²) in [5.74, 6) is -0.0884. The third kappa shape index (κ3) is 3.00. The van der Waals surface area contributed by atoms with Crippen molar-refractivity contribution in [1.82, 2.24) is 5.06 Å². The maximum atomic E-state index is 11.3. The Morgan fingerprint density at radius 1 is 1.60 bits per heavy atom. The van der Waals surface area contributed by atoms with Gasteiger partial charge in [0.15, 0.2) is 0 Å². The maximum absolute atomic E-state index is 11.3. The van der Waals surface area contributed by atoms with E-state index in [-0.39, 0.29) is 10.8 Å². The van der Waals surface area contributed by atoms with Gasteiger partial charge in [0, 0.05) is 18.8 Å². The van der Waals surface area contributed by atoms with Crippen LogP contribution in [0.4, 0.5) is 10.5 Å². The van der Waals surface area contributed by atoms with E-state index in [4.69, 9.17) is 11.6 Å². The average Bonchev–Trinajstić information content (AvgIpc) is 2.22. The number of urea groups is 1. The first-order chi connectivity index (χ1) is 7.04. The average molecular weight is 231 g/mol. The van der Waals surface area contributed by atoms with Crippen molar-refractivity contribution in [2.24, 2.45) is 0 Å². The molecule has 15 heavy (non-hydrogen) atoms. The molecule has 1 rings (SSSR count). The van der Waals surface area contributed by atoms with E-state index in [1.54, 1.807) is 6.07 Å². The van der Waals surface area contributed by atoms with Crippen LogP contribution in [0.1, 0.15) is 0 Å². The smallest absolute Gasteiger partial charge is 0.345 e. The summed E-state index contributed by atoms with van der Waals surface area (Å²) in [5, 5.41) is 13.0. The second kappa shape index (κ2) is 4.86. The lowest BCUT2D eigenvalue weighted by atomic mass is 10.3. The van der Waals surface area contributed by atoms with E-state index in [0.717, 1.165) is 5.06 Å². The Morgan fingerprint density at radius 2 is 2.27 bits per heavy atom. The van der Waals surface area contributed by atoms with Crippen molar-refractivity contribution in [2.75, 3.05) is 19.5 Å². The monoisotopic (exact) mass is 230 g/mol. The van der Waals surface area contributed by atoms with Crippen LogP contribution in [0.25, 0.3) is 0 Å². The van der Waals surface area contributed by atoms with Crippen LogP contribution in [-0.2, 0) is 4.84 Å². The third-order valence-corrected chi connectivity index (χ3v) is 2.08. The fourth-order valence-electron chi connectivity index (χ4n) is 0.876. The topological polar surface area (TPSA) is 61.8 Å². The first kappa shape index (κ1) is 11.6. The lowest BCUT2D eigenvalue weighted by molar-refractivity contribution is -0.0598. The predicted molar refractivity (Wildman–Crippen MR) is 56.9 cm³/mol. The standard InChI is InChI=1S/C9H11ClN2O3/c1-12(15-2)9(14)11-6-3-4-7(10)8(13)5-6/h3-5,13H,1-2H3,(H,11,14). The van der Waals surface area contributed by atoms with Gasteiger partial charge in [-0.1, -0.05) is 11.6 Å². The van der Waals surface area contributed by atoms with Crippen LogP contribution in [0.3, 0.4) is 0 Å². The Bertz CT molecular complexity index is 370. The lowest BCUT2D eigenvalue weighted by Crippen LogP contribution is -2.30. The van der Waals surface area contributed by atoms with Crippen molar-refractivity contribution in [2.45, 2.75) is 0 Å². The zero-order valence-electron chi connectivity index (χ0n) is 8.32. The molecule has 0 aliphatic rings. The molecule has 0 aromatic heterocycles. The van der Waals surface area contributed by atoms with Crippen molar-refractivity contribution in [3.05, 3.63) is 23.2 Å². The molecule has 0 fully saturated rings. The number of amides is 2. The first-order valence-corrected chi connectivity index (χ1v) is 4.49. The Labute approximate surface area is 92.2 Å². The molecule has 1 aromatic carbocycles. The minimum Gasteiger partial charge on any atom is -0.506 e. The summed E-state index contributed by atoms with van der Waals surface area (Å²) in [7, 11) is 2.84. The zero-order chi connectivity index (χ0) is 11.4. The number of aromatic hydroxyl groups is 1. The number of phenols is 1. The molecule has 0 aliphatic carbocycles. The minimum atomic E-state index is -0.445. The number of carbonyl (C=O) groups is 1. The molecule has 6 heteroatoms. The number of carbonyl (C=O) groups excluding carboxylic acids is 1. The molecular formula is C9H11ClN2O3. The molecule has 0 atom stereocenters. The van der Waals surface area contributed by atoms with Gasteiger partial charge in [0.05, 0.1) is 12.1 Å². The summed E-state index contributed by atoms with van der Waals surface area (Å²) in [6.07, 6.45) is 0. The molecule has 1 aromatic rings. The zero-order valence-corrected chi connectivity index (χ0v) is 9.08.